The minimum atomic E-state index is -2.98. The molecule has 0 saturated carbocycles. The highest BCUT2D eigenvalue weighted by Crippen LogP contribution is 2.34. The summed E-state index contributed by atoms with van der Waals surface area (Å²) in [6.45, 7) is -6.60. The summed E-state index contributed by atoms with van der Waals surface area (Å²) in [7, 11) is -5.94. The lowest BCUT2D eigenvalue weighted by Gasteiger charge is -2.37. The third-order valence-electron chi connectivity index (χ3n) is 5.13. The molecule has 1 fully saturated rings. The summed E-state index contributed by atoms with van der Waals surface area (Å²) in [5.74, 6) is -1.69. The van der Waals surface area contributed by atoms with Crippen molar-refractivity contribution in [1.82, 2.24) is 14.9 Å². The van der Waals surface area contributed by atoms with E-state index < -0.39 is 63.7 Å². The van der Waals surface area contributed by atoms with Crippen LogP contribution in [0.4, 0.5) is 11.8 Å². The summed E-state index contributed by atoms with van der Waals surface area (Å²) >= 11 is 0. The van der Waals surface area contributed by atoms with Crippen LogP contribution in [0.25, 0.3) is 10.9 Å². The Balaban J connectivity index is 1.46. The van der Waals surface area contributed by atoms with Gasteiger partial charge in [-0.15, -0.1) is 0 Å². The zero-order chi connectivity index (χ0) is 31.5. The number of amides is 1. The second-order valence-corrected chi connectivity index (χ2v) is 7.14. The van der Waals surface area contributed by atoms with E-state index in [9.17, 15) is 4.79 Å². The van der Waals surface area contributed by atoms with Gasteiger partial charge in [0.05, 0.1) is 33.3 Å². The van der Waals surface area contributed by atoms with Gasteiger partial charge in [-0.1, -0.05) is 12.1 Å². The first-order chi connectivity index (χ1) is 19.8. The molecule has 1 aromatic heterocycles. The Kier molecular flexibility index (Phi) is 3.19. The molecule has 2 aromatic carbocycles. The Labute approximate surface area is 204 Å². The molecule has 33 heavy (non-hydrogen) atoms. The smallest absolute Gasteiger partial charge is 0.267 e. The fraction of sp³-hybridized carbons (Fsp3) is 0.348. The van der Waals surface area contributed by atoms with Gasteiger partial charge in [0.25, 0.3) is 5.91 Å². The van der Waals surface area contributed by atoms with Crippen molar-refractivity contribution in [3.8, 4) is 23.0 Å². The Morgan fingerprint density at radius 2 is 1.88 bits per heavy atom. The van der Waals surface area contributed by atoms with Crippen molar-refractivity contribution in [2.24, 2.45) is 0 Å². The molecule has 0 aliphatic carbocycles. The number of ether oxygens (including phenoxy) is 4. The Morgan fingerprint density at radius 1 is 1.15 bits per heavy atom. The molecule has 0 bridgehead atoms. The van der Waals surface area contributed by atoms with Gasteiger partial charge >= 0.3 is 0 Å². The van der Waals surface area contributed by atoms with E-state index in [0.29, 0.717) is 10.6 Å². The maximum atomic E-state index is 13.4. The molecule has 3 heterocycles. The van der Waals surface area contributed by atoms with E-state index in [2.05, 4.69) is 9.97 Å². The van der Waals surface area contributed by atoms with Crippen molar-refractivity contribution in [1.29, 1.82) is 0 Å². The molecule has 2 aliphatic rings. The lowest BCUT2D eigenvalue weighted by Crippen LogP contribution is -2.54. The SMILES string of the molecule is [2H]C([2H])([2H])Oc1cc2nc(N3CC([2H])([2H])N(C(=O)C4COc5ccccc5O4)C([2H])([2H])C3)nc(N)c2cc1OC([2H])([2H])[2H]. The third-order valence-corrected chi connectivity index (χ3v) is 5.13. The fourth-order valence-electron chi connectivity index (χ4n) is 3.45. The number of nitrogens with zero attached hydrogens (tertiary/aromatic N) is 4. The van der Waals surface area contributed by atoms with E-state index >= 15 is 0 Å². The molecular weight excluding hydrogens is 426 g/mol. The maximum absolute atomic E-state index is 13.4. The zero-order valence-electron chi connectivity index (χ0n) is 27.1. The predicted molar refractivity (Wildman–Crippen MR) is 122 cm³/mol. The number of nitrogens with two attached hydrogens (primary N) is 1. The number of methoxy groups -OCH3 is 2. The summed E-state index contributed by atoms with van der Waals surface area (Å²) in [5, 5.41) is 0.0652. The molecular formula is C23H25N5O5. The molecule has 2 aliphatic heterocycles. The molecule has 0 spiro atoms. The van der Waals surface area contributed by atoms with Crippen LogP contribution in [-0.2, 0) is 4.79 Å². The van der Waals surface area contributed by atoms with Gasteiger partial charge in [-0.2, -0.15) is 4.98 Å². The van der Waals surface area contributed by atoms with Crippen LogP contribution in [0.5, 0.6) is 23.0 Å². The molecule has 0 radical (unpaired) electrons. The summed E-state index contributed by atoms with van der Waals surface area (Å²) < 4.78 is 100.0. The number of carbonyl (C=O) groups is 1. The first-order valence-electron chi connectivity index (χ1n) is 14.8. The van der Waals surface area contributed by atoms with Gasteiger partial charge in [-0.25, -0.2) is 4.98 Å². The van der Waals surface area contributed by atoms with Gasteiger partial charge in [0, 0.05) is 37.5 Å². The van der Waals surface area contributed by atoms with E-state index in [1.54, 1.807) is 24.3 Å². The van der Waals surface area contributed by atoms with Gasteiger partial charge in [0.15, 0.2) is 23.0 Å². The molecule has 5 rings (SSSR count). The molecule has 1 saturated heterocycles. The van der Waals surface area contributed by atoms with E-state index in [-0.39, 0.29) is 35.0 Å². The van der Waals surface area contributed by atoms with E-state index in [1.807, 2.05) is 0 Å². The van der Waals surface area contributed by atoms with Gasteiger partial charge in [-0.05, 0) is 18.2 Å². The van der Waals surface area contributed by atoms with Gasteiger partial charge in [0.2, 0.25) is 12.1 Å². The average Bonchev–Trinajstić information content (AvgIpc) is 2.86. The molecule has 1 atom stereocenters. The summed E-state index contributed by atoms with van der Waals surface area (Å²) in [5.41, 5.74) is 6.09. The number of piperazine rings is 1. The highest BCUT2D eigenvalue weighted by molar-refractivity contribution is 5.91. The number of nitrogen functional groups attached to an aromatic ring is 1. The van der Waals surface area contributed by atoms with Crippen LogP contribution < -0.4 is 29.6 Å². The number of para-hydroxylation sites is 2. The molecule has 10 heteroatoms. The van der Waals surface area contributed by atoms with Gasteiger partial charge < -0.3 is 34.5 Å². The van der Waals surface area contributed by atoms with Crippen LogP contribution in [0.2, 0.25) is 0 Å². The first-order valence-corrected chi connectivity index (χ1v) is 9.80. The van der Waals surface area contributed by atoms with E-state index in [4.69, 9.17) is 38.4 Å². The maximum Gasteiger partial charge on any atom is 0.267 e. The predicted octanol–water partition coefficient (Wildman–Crippen LogP) is 1.72. The van der Waals surface area contributed by atoms with E-state index in [0.717, 1.165) is 17.0 Å². The molecule has 3 aromatic rings. The number of benzene rings is 2. The van der Waals surface area contributed by atoms with Crippen LogP contribution in [0.15, 0.2) is 36.4 Å². The number of fused-ring (bicyclic) bond motifs is 2. The third kappa shape index (κ3) is 3.88. The minimum absolute atomic E-state index is 0.0225. The molecule has 1 unspecified atom stereocenters. The summed E-state index contributed by atoms with van der Waals surface area (Å²) in [6.07, 6.45) is -1.30. The number of aromatic nitrogens is 2. The van der Waals surface area contributed by atoms with Crippen molar-refractivity contribution in [3.63, 3.8) is 0 Å². The van der Waals surface area contributed by atoms with Crippen LogP contribution in [0.1, 0.15) is 13.7 Å². The average molecular weight is 462 g/mol. The second-order valence-electron chi connectivity index (χ2n) is 7.14. The van der Waals surface area contributed by atoms with Crippen molar-refractivity contribution in [2.45, 2.75) is 6.10 Å². The van der Waals surface area contributed by atoms with Gasteiger partial charge in [-0.3, -0.25) is 4.79 Å². The van der Waals surface area contributed by atoms with Crippen LogP contribution >= 0.6 is 0 Å². The summed E-state index contributed by atoms with van der Waals surface area (Å²) in [4.78, 5) is 23.5. The first kappa shape index (κ1) is 12.3. The Morgan fingerprint density at radius 3 is 2.64 bits per heavy atom. The normalized spacial score (nSPS) is 26.0. The number of hydrogen-bond acceptors (Lipinski definition) is 9. The quantitative estimate of drug-likeness (QED) is 0.620. The monoisotopic (exact) mass is 461 g/mol. The van der Waals surface area contributed by atoms with Crippen LogP contribution in [0, 0.1) is 0 Å². The van der Waals surface area contributed by atoms with Crippen molar-refractivity contribution >= 4 is 28.6 Å². The largest absolute Gasteiger partial charge is 0.493 e. The number of carbonyl (C=O) groups excluding carboxylic acids is 1. The van der Waals surface area contributed by atoms with Crippen LogP contribution in [-0.4, -0.2) is 73.6 Å². The molecule has 1 amide bonds. The highest BCUT2D eigenvalue weighted by Gasteiger charge is 2.33. The Hall–Kier alpha value is -3.95. The van der Waals surface area contributed by atoms with Crippen LogP contribution in [0.3, 0.4) is 0 Å². The highest BCUT2D eigenvalue weighted by atomic mass is 16.6. The number of hydrogen-bond donors (Lipinski definition) is 1. The fourth-order valence-corrected chi connectivity index (χ4v) is 3.45. The topological polar surface area (TPSA) is 112 Å². The standard InChI is InChI=1S/C23H25N5O5/c1-30-18-11-14-15(12-19(18)31-2)25-23(26-21(14)24)28-9-7-27(8-10-28)22(29)20-13-32-16-5-3-4-6-17(16)33-20/h3-6,11-12,20H,7-10,13H2,1-2H3,(H2,24,25,26)/i1D3,2D3,7D2,8D2. The lowest BCUT2D eigenvalue weighted by atomic mass is 10.2. The Bertz CT molecular complexity index is 1550. The lowest BCUT2D eigenvalue weighted by molar-refractivity contribution is -0.141. The molecule has 172 valence electrons. The van der Waals surface area contributed by atoms with Crippen molar-refractivity contribution < 1.29 is 37.4 Å². The molecule has 2 N–H and O–H groups in total. The van der Waals surface area contributed by atoms with Crippen molar-refractivity contribution in [3.05, 3.63) is 36.4 Å². The van der Waals surface area contributed by atoms with Gasteiger partial charge in [0.1, 0.15) is 12.4 Å². The zero-order valence-corrected chi connectivity index (χ0v) is 17.1. The van der Waals surface area contributed by atoms with E-state index in [1.165, 1.54) is 0 Å². The molecule has 10 nitrogen and oxygen atoms in total. The number of anilines is 2. The minimum Gasteiger partial charge on any atom is -0.493 e. The van der Waals surface area contributed by atoms with Crippen molar-refractivity contribution in [2.75, 3.05) is 57.4 Å². The second kappa shape index (κ2) is 8.53. The summed E-state index contributed by atoms with van der Waals surface area (Å²) in [6, 6.07) is 8.77. The number of rotatable bonds is 4.